The number of aryl methyl sites for hydroxylation is 1. The summed E-state index contributed by atoms with van der Waals surface area (Å²) in [6, 6.07) is -0.304. The van der Waals surface area contributed by atoms with Crippen LogP contribution in [0.25, 0.3) is 0 Å². The van der Waals surface area contributed by atoms with Crippen molar-refractivity contribution in [3.63, 3.8) is 0 Å². The quantitative estimate of drug-likeness (QED) is 0.838. The molecule has 1 aromatic heterocycles. The van der Waals surface area contributed by atoms with Crippen LogP contribution in [0.15, 0.2) is 12.4 Å². The van der Waals surface area contributed by atoms with E-state index in [2.05, 4.69) is 15.6 Å². The van der Waals surface area contributed by atoms with Crippen molar-refractivity contribution < 1.29 is 4.79 Å². The first-order valence-corrected chi connectivity index (χ1v) is 5.93. The van der Waals surface area contributed by atoms with Crippen LogP contribution in [0.3, 0.4) is 0 Å². The largest absolute Gasteiger partial charge is 0.350 e. The molecule has 0 bridgehead atoms. The third-order valence-electron chi connectivity index (χ3n) is 2.29. The van der Waals surface area contributed by atoms with Gasteiger partial charge in [0.05, 0.1) is 0 Å². The topological polar surface area (TPSA) is 59.0 Å². The molecular formula is C12H22N4O. The summed E-state index contributed by atoms with van der Waals surface area (Å²) in [5.41, 5.74) is -0.215. The summed E-state index contributed by atoms with van der Waals surface area (Å²) in [5.74, 6) is 0.701. The molecule has 0 radical (unpaired) electrons. The summed E-state index contributed by atoms with van der Waals surface area (Å²) in [4.78, 5) is 16.1. The zero-order valence-corrected chi connectivity index (χ0v) is 11.2. The predicted octanol–water partition coefficient (Wildman–Crippen LogP) is 1.62. The first-order chi connectivity index (χ1) is 7.83. The van der Waals surface area contributed by atoms with E-state index < -0.39 is 0 Å². The molecule has 0 fully saturated rings. The zero-order chi connectivity index (χ0) is 13.1. The number of amides is 1. The fourth-order valence-electron chi connectivity index (χ4n) is 1.44. The molecule has 0 aliphatic heterocycles. The van der Waals surface area contributed by atoms with Gasteiger partial charge in [0.15, 0.2) is 0 Å². The smallest absolute Gasteiger partial charge is 0.242 e. The molecule has 0 aliphatic carbocycles. The maximum absolute atomic E-state index is 11.9. The lowest BCUT2D eigenvalue weighted by atomic mass is 10.1. The number of nitrogens with one attached hydrogen (secondary N) is 2. The molecular weight excluding hydrogens is 216 g/mol. The summed E-state index contributed by atoms with van der Waals surface area (Å²) in [6.45, 7) is 10.6. The minimum absolute atomic E-state index is 0.0249. The highest BCUT2D eigenvalue weighted by Crippen LogP contribution is 2.07. The SMILES string of the molecule is CCn1ccnc1NC(C)C(=O)NC(C)(C)C. The van der Waals surface area contributed by atoms with Crippen LogP contribution in [-0.4, -0.2) is 27.0 Å². The Morgan fingerprint density at radius 1 is 1.53 bits per heavy atom. The van der Waals surface area contributed by atoms with E-state index in [4.69, 9.17) is 0 Å². The van der Waals surface area contributed by atoms with Crippen LogP contribution in [0.2, 0.25) is 0 Å². The molecule has 1 unspecified atom stereocenters. The van der Waals surface area contributed by atoms with E-state index in [1.165, 1.54) is 0 Å². The first kappa shape index (κ1) is 13.5. The van der Waals surface area contributed by atoms with Crippen molar-refractivity contribution in [2.24, 2.45) is 0 Å². The predicted molar refractivity (Wildman–Crippen MR) is 68.9 cm³/mol. The van der Waals surface area contributed by atoms with Crippen LogP contribution in [0.4, 0.5) is 5.95 Å². The van der Waals surface area contributed by atoms with Crippen LogP contribution in [0, 0.1) is 0 Å². The molecule has 1 atom stereocenters. The second kappa shape index (κ2) is 5.21. The Bertz CT molecular complexity index is 378. The van der Waals surface area contributed by atoms with Crippen molar-refractivity contribution in [3.05, 3.63) is 12.4 Å². The Kier molecular flexibility index (Phi) is 4.15. The summed E-state index contributed by atoms with van der Waals surface area (Å²) in [7, 11) is 0. The zero-order valence-electron chi connectivity index (χ0n) is 11.2. The van der Waals surface area contributed by atoms with Crippen LogP contribution in [0.1, 0.15) is 34.6 Å². The lowest BCUT2D eigenvalue weighted by Crippen LogP contribution is -2.47. The van der Waals surface area contributed by atoms with Gasteiger partial charge in [-0.2, -0.15) is 0 Å². The highest BCUT2D eigenvalue weighted by molar-refractivity contribution is 5.84. The Balaban J connectivity index is 2.60. The molecule has 0 spiro atoms. The summed E-state index contributed by atoms with van der Waals surface area (Å²) in [5, 5.41) is 6.03. The van der Waals surface area contributed by atoms with E-state index >= 15 is 0 Å². The fourth-order valence-corrected chi connectivity index (χ4v) is 1.44. The molecule has 1 rings (SSSR count). The second-order valence-corrected chi connectivity index (χ2v) is 5.14. The monoisotopic (exact) mass is 238 g/mol. The molecule has 1 amide bonds. The normalized spacial score (nSPS) is 13.2. The average Bonchev–Trinajstić information content (AvgIpc) is 2.62. The average molecular weight is 238 g/mol. The van der Waals surface area contributed by atoms with Gasteiger partial charge < -0.3 is 15.2 Å². The van der Waals surface area contributed by atoms with Gasteiger partial charge in [-0.15, -0.1) is 0 Å². The maximum Gasteiger partial charge on any atom is 0.242 e. The lowest BCUT2D eigenvalue weighted by Gasteiger charge is -2.24. The Morgan fingerprint density at radius 3 is 2.71 bits per heavy atom. The van der Waals surface area contributed by atoms with Crippen molar-refractivity contribution in [1.82, 2.24) is 14.9 Å². The van der Waals surface area contributed by atoms with Crippen molar-refractivity contribution in [3.8, 4) is 0 Å². The number of carbonyl (C=O) groups is 1. The number of aromatic nitrogens is 2. The highest BCUT2D eigenvalue weighted by Gasteiger charge is 2.19. The fraction of sp³-hybridized carbons (Fsp3) is 0.667. The van der Waals surface area contributed by atoms with Gasteiger partial charge in [-0.1, -0.05) is 0 Å². The third kappa shape index (κ3) is 4.09. The Hall–Kier alpha value is -1.52. The van der Waals surface area contributed by atoms with Gasteiger partial charge in [0, 0.05) is 24.5 Å². The molecule has 0 saturated heterocycles. The number of anilines is 1. The molecule has 1 heterocycles. The van der Waals surface area contributed by atoms with E-state index in [0.29, 0.717) is 0 Å². The summed E-state index contributed by atoms with van der Waals surface area (Å²) >= 11 is 0. The first-order valence-electron chi connectivity index (χ1n) is 5.93. The van der Waals surface area contributed by atoms with Crippen LogP contribution in [0.5, 0.6) is 0 Å². The van der Waals surface area contributed by atoms with Gasteiger partial charge >= 0.3 is 0 Å². The molecule has 5 heteroatoms. The number of rotatable bonds is 4. The van der Waals surface area contributed by atoms with Crippen LogP contribution < -0.4 is 10.6 Å². The number of carbonyl (C=O) groups excluding carboxylic acids is 1. The second-order valence-electron chi connectivity index (χ2n) is 5.14. The molecule has 0 aromatic carbocycles. The number of hydrogen-bond donors (Lipinski definition) is 2. The van der Waals surface area contributed by atoms with Gasteiger partial charge in [0.2, 0.25) is 11.9 Å². The minimum atomic E-state index is -0.304. The lowest BCUT2D eigenvalue weighted by molar-refractivity contribution is -0.122. The third-order valence-corrected chi connectivity index (χ3v) is 2.29. The number of imidazole rings is 1. The Morgan fingerprint density at radius 2 is 2.18 bits per heavy atom. The Labute approximate surface area is 103 Å². The van der Waals surface area contributed by atoms with Crippen molar-refractivity contribution >= 4 is 11.9 Å². The summed E-state index contributed by atoms with van der Waals surface area (Å²) < 4.78 is 1.96. The molecule has 5 nitrogen and oxygen atoms in total. The number of nitrogens with zero attached hydrogens (tertiary/aromatic N) is 2. The molecule has 17 heavy (non-hydrogen) atoms. The highest BCUT2D eigenvalue weighted by atomic mass is 16.2. The van der Waals surface area contributed by atoms with Gasteiger partial charge in [-0.3, -0.25) is 4.79 Å². The van der Waals surface area contributed by atoms with Crippen LogP contribution in [-0.2, 0) is 11.3 Å². The van der Waals surface area contributed by atoms with E-state index in [1.54, 1.807) is 6.20 Å². The molecule has 1 aromatic rings. The van der Waals surface area contributed by atoms with E-state index in [-0.39, 0.29) is 17.5 Å². The van der Waals surface area contributed by atoms with E-state index in [0.717, 1.165) is 12.5 Å². The molecule has 2 N–H and O–H groups in total. The van der Waals surface area contributed by atoms with Crippen molar-refractivity contribution in [2.45, 2.75) is 52.7 Å². The van der Waals surface area contributed by atoms with Gasteiger partial charge in [0.1, 0.15) is 6.04 Å². The van der Waals surface area contributed by atoms with Crippen LogP contribution >= 0.6 is 0 Å². The molecule has 0 saturated carbocycles. The van der Waals surface area contributed by atoms with Crippen molar-refractivity contribution in [2.75, 3.05) is 5.32 Å². The summed E-state index contributed by atoms with van der Waals surface area (Å²) in [6.07, 6.45) is 3.61. The standard InChI is InChI=1S/C12H22N4O/c1-6-16-8-7-13-11(16)14-9(2)10(17)15-12(3,4)5/h7-9H,6H2,1-5H3,(H,13,14)(H,15,17). The minimum Gasteiger partial charge on any atom is -0.350 e. The number of hydrogen-bond acceptors (Lipinski definition) is 3. The van der Waals surface area contributed by atoms with Gasteiger partial charge in [-0.25, -0.2) is 4.98 Å². The van der Waals surface area contributed by atoms with E-state index in [1.807, 2.05) is 45.4 Å². The molecule has 96 valence electrons. The van der Waals surface area contributed by atoms with Gasteiger partial charge in [-0.05, 0) is 34.6 Å². The molecule has 0 aliphatic rings. The van der Waals surface area contributed by atoms with Gasteiger partial charge in [0.25, 0.3) is 0 Å². The van der Waals surface area contributed by atoms with E-state index in [9.17, 15) is 4.79 Å². The van der Waals surface area contributed by atoms with Crippen molar-refractivity contribution in [1.29, 1.82) is 0 Å². The maximum atomic E-state index is 11.9.